The molecule has 0 spiro atoms. The summed E-state index contributed by atoms with van der Waals surface area (Å²) in [6.07, 6.45) is 2.47. The van der Waals surface area contributed by atoms with Gasteiger partial charge >= 0.3 is 0 Å². The summed E-state index contributed by atoms with van der Waals surface area (Å²) in [6.45, 7) is 5.98. The van der Waals surface area contributed by atoms with Gasteiger partial charge in [-0.15, -0.1) is 6.58 Å². The number of rotatable bonds is 10. The smallest absolute Gasteiger partial charge is 0.226 e. The molecule has 3 aromatic rings. The number of nitrogens with one attached hydrogen (secondary N) is 1. The van der Waals surface area contributed by atoms with Gasteiger partial charge in [-0.2, -0.15) is 5.10 Å². The molecule has 0 aliphatic carbocycles. The SMILES string of the molecule is C=CCNC(=O)CCc1c(C)nn(-c2ccc(OC)cc2)c1Oc1ccc(OC)cc1. The first-order chi connectivity index (χ1) is 15.0. The molecule has 2 aromatic carbocycles. The van der Waals surface area contributed by atoms with E-state index in [1.807, 2.05) is 55.5 Å². The van der Waals surface area contributed by atoms with Gasteiger partial charge in [0.25, 0.3) is 0 Å². The van der Waals surface area contributed by atoms with Crippen molar-refractivity contribution in [1.29, 1.82) is 0 Å². The van der Waals surface area contributed by atoms with E-state index in [0.717, 1.165) is 28.4 Å². The Kier molecular flexibility index (Phi) is 7.32. The summed E-state index contributed by atoms with van der Waals surface area (Å²) in [6, 6.07) is 14.9. The topological polar surface area (TPSA) is 74.6 Å². The Balaban J connectivity index is 1.94. The number of ether oxygens (including phenoxy) is 3. The maximum absolute atomic E-state index is 12.1. The standard InChI is InChI=1S/C24H27N3O4/c1-5-16-25-23(28)15-14-22-17(2)26-27(18-6-8-19(29-3)9-7-18)24(22)31-21-12-10-20(30-4)11-13-21/h5-13H,1,14-16H2,2-4H3,(H,25,28). The van der Waals surface area contributed by atoms with Gasteiger partial charge in [0.2, 0.25) is 11.8 Å². The molecule has 0 unspecified atom stereocenters. The molecule has 0 aliphatic heterocycles. The van der Waals surface area contributed by atoms with E-state index in [4.69, 9.17) is 14.2 Å². The van der Waals surface area contributed by atoms with Crippen molar-refractivity contribution in [3.63, 3.8) is 0 Å². The molecule has 3 rings (SSSR count). The normalized spacial score (nSPS) is 10.4. The summed E-state index contributed by atoms with van der Waals surface area (Å²) >= 11 is 0. The van der Waals surface area contributed by atoms with E-state index >= 15 is 0 Å². The number of amides is 1. The van der Waals surface area contributed by atoms with Crippen molar-refractivity contribution < 1.29 is 19.0 Å². The molecule has 0 atom stereocenters. The van der Waals surface area contributed by atoms with Crippen LogP contribution in [0, 0.1) is 6.92 Å². The van der Waals surface area contributed by atoms with Crippen LogP contribution in [0.25, 0.3) is 5.69 Å². The summed E-state index contributed by atoms with van der Waals surface area (Å²) in [4.78, 5) is 12.1. The molecule has 0 aliphatic rings. The molecular formula is C24H27N3O4. The Hall–Kier alpha value is -3.74. The molecule has 0 bridgehead atoms. The predicted molar refractivity (Wildman–Crippen MR) is 119 cm³/mol. The fourth-order valence-corrected chi connectivity index (χ4v) is 3.10. The molecule has 1 N–H and O–H groups in total. The van der Waals surface area contributed by atoms with E-state index in [2.05, 4.69) is 17.0 Å². The molecule has 1 heterocycles. The molecule has 7 heteroatoms. The lowest BCUT2D eigenvalue weighted by atomic mass is 10.1. The van der Waals surface area contributed by atoms with Gasteiger partial charge in [-0.1, -0.05) is 6.08 Å². The molecule has 1 amide bonds. The number of methoxy groups -OCH3 is 2. The van der Waals surface area contributed by atoms with Gasteiger partial charge < -0.3 is 19.5 Å². The van der Waals surface area contributed by atoms with Gasteiger partial charge in [-0.05, 0) is 61.9 Å². The largest absolute Gasteiger partial charge is 0.497 e. The van der Waals surface area contributed by atoms with Crippen LogP contribution in [-0.4, -0.2) is 36.5 Å². The van der Waals surface area contributed by atoms with Crippen LogP contribution in [0.15, 0.2) is 61.2 Å². The zero-order chi connectivity index (χ0) is 22.2. The summed E-state index contributed by atoms with van der Waals surface area (Å²) in [5, 5.41) is 7.49. The number of aromatic nitrogens is 2. The van der Waals surface area contributed by atoms with E-state index in [1.54, 1.807) is 25.0 Å². The first kappa shape index (κ1) is 22.0. The number of hydrogen-bond donors (Lipinski definition) is 1. The van der Waals surface area contributed by atoms with Gasteiger partial charge in [-0.25, -0.2) is 4.68 Å². The average molecular weight is 421 g/mol. The fraction of sp³-hybridized carbons (Fsp3) is 0.250. The lowest BCUT2D eigenvalue weighted by Crippen LogP contribution is -2.23. The minimum atomic E-state index is -0.0492. The maximum Gasteiger partial charge on any atom is 0.226 e. The van der Waals surface area contributed by atoms with Crippen LogP contribution in [0.3, 0.4) is 0 Å². The van der Waals surface area contributed by atoms with E-state index in [0.29, 0.717) is 31.0 Å². The van der Waals surface area contributed by atoms with Crippen molar-refractivity contribution in [2.24, 2.45) is 0 Å². The van der Waals surface area contributed by atoms with Gasteiger partial charge in [0.1, 0.15) is 17.2 Å². The van der Waals surface area contributed by atoms with E-state index in [-0.39, 0.29) is 5.91 Å². The third-order valence-corrected chi connectivity index (χ3v) is 4.77. The Morgan fingerprint density at radius 3 is 2.19 bits per heavy atom. The molecule has 1 aromatic heterocycles. The van der Waals surface area contributed by atoms with Gasteiger partial charge in [0.05, 0.1) is 25.6 Å². The number of carbonyl (C=O) groups excluding carboxylic acids is 1. The number of nitrogens with zero attached hydrogens (tertiary/aromatic N) is 2. The second kappa shape index (κ2) is 10.3. The number of aryl methyl sites for hydroxylation is 1. The van der Waals surface area contributed by atoms with Gasteiger partial charge in [-0.3, -0.25) is 4.79 Å². The van der Waals surface area contributed by atoms with Crippen molar-refractivity contribution >= 4 is 5.91 Å². The molecule has 0 saturated heterocycles. The van der Waals surface area contributed by atoms with Crippen LogP contribution in [0.5, 0.6) is 23.1 Å². The van der Waals surface area contributed by atoms with E-state index in [9.17, 15) is 4.79 Å². The third kappa shape index (κ3) is 5.45. The average Bonchev–Trinajstić information content (AvgIpc) is 3.11. The highest BCUT2D eigenvalue weighted by molar-refractivity contribution is 5.76. The predicted octanol–water partition coefficient (Wildman–Crippen LogP) is 4.23. The summed E-state index contributed by atoms with van der Waals surface area (Å²) < 4.78 is 18.5. The minimum Gasteiger partial charge on any atom is -0.497 e. The minimum absolute atomic E-state index is 0.0492. The van der Waals surface area contributed by atoms with Crippen LogP contribution in [0.1, 0.15) is 17.7 Å². The lowest BCUT2D eigenvalue weighted by Gasteiger charge is -2.12. The molecule has 0 radical (unpaired) electrons. The van der Waals surface area contributed by atoms with Crippen LogP contribution < -0.4 is 19.5 Å². The highest BCUT2D eigenvalue weighted by Crippen LogP contribution is 2.32. The monoisotopic (exact) mass is 421 g/mol. The molecule has 31 heavy (non-hydrogen) atoms. The van der Waals surface area contributed by atoms with Crippen LogP contribution in [-0.2, 0) is 11.2 Å². The summed E-state index contributed by atoms with van der Waals surface area (Å²) in [5.41, 5.74) is 2.51. The second-order valence-electron chi connectivity index (χ2n) is 6.85. The van der Waals surface area contributed by atoms with Crippen LogP contribution in [0.2, 0.25) is 0 Å². The van der Waals surface area contributed by atoms with Crippen LogP contribution in [0.4, 0.5) is 0 Å². The van der Waals surface area contributed by atoms with Crippen molar-refractivity contribution in [2.75, 3.05) is 20.8 Å². The zero-order valence-corrected chi connectivity index (χ0v) is 18.1. The van der Waals surface area contributed by atoms with E-state index in [1.165, 1.54) is 0 Å². The summed E-state index contributed by atoms with van der Waals surface area (Å²) in [5.74, 6) is 2.67. The third-order valence-electron chi connectivity index (χ3n) is 4.77. The molecule has 0 saturated carbocycles. The van der Waals surface area contributed by atoms with Crippen molar-refractivity contribution in [2.45, 2.75) is 19.8 Å². The Morgan fingerprint density at radius 1 is 1.03 bits per heavy atom. The Bertz CT molecular complexity index is 1020. The zero-order valence-electron chi connectivity index (χ0n) is 18.1. The number of hydrogen-bond acceptors (Lipinski definition) is 5. The van der Waals surface area contributed by atoms with Crippen molar-refractivity contribution in [3.8, 4) is 28.8 Å². The fourth-order valence-electron chi connectivity index (χ4n) is 3.10. The Labute approximate surface area is 182 Å². The van der Waals surface area contributed by atoms with Gasteiger partial charge in [0.15, 0.2) is 0 Å². The van der Waals surface area contributed by atoms with Crippen molar-refractivity contribution in [3.05, 3.63) is 72.4 Å². The van der Waals surface area contributed by atoms with Crippen molar-refractivity contribution in [1.82, 2.24) is 15.1 Å². The Morgan fingerprint density at radius 2 is 1.61 bits per heavy atom. The molecule has 0 fully saturated rings. The number of benzene rings is 2. The molecular weight excluding hydrogens is 394 g/mol. The van der Waals surface area contributed by atoms with Crippen LogP contribution >= 0.6 is 0 Å². The van der Waals surface area contributed by atoms with Gasteiger partial charge in [0, 0.05) is 18.5 Å². The lowest BCUT2D eigenvalue weighted by molar-refractivity contribution is -0.120. The first-order valence-corrected chi connectivity index (χ1v) is 9.98. The maximum atomic E-state index is 12.1. The first-order valence-electron chi connectivity index (χ1n) is 9.98. The summed E-state index contributed by atoms with van der Waals surface area (Å²) in [7, 11) is 3.24. The molecule has 7 nitrogen and oxygen atoms in total. The quantitative estimate of drug-likeness (QED) is 0.496. The highest BCUT2D eigenvalue weighted by atomic mass is 16.5. The highest BCUT2D eigenvalue weighted by Gasteiger charge is 2.20. The van der Waals surface area contributed by atoms with E-state index < -0.39 is 0 Å². The second-order valence-corrected chi connectivity index (χ2v) is 6.85. The molecule has 162 valence electrons. The number of carbonyl (C=O) groups is 1.